The van der Waals surface area contributed by atoms with Gasteiger partial charge in [-0.25, -0.2) is 0 Å². The van der Waals surface area contributed by atoms with E-state index in [0.29, 0.717) is 0 Å². The fourth-order valence-electron chi connectivity index (χ4n) is 9.54. The molecule has 0 aliphatic rings. The van der Waals surface area contributed by atoms with Gasteiger partial charge in [-0.2, -0.15) is 10.2 Å². The second-order valence-electron chi connectivity index (χ2n) is 15.2. The number of aromatic nitrogens is 4. The SMILES string of the molecule is Cn1cc2ccc3c(-c4cccc5c4sc4ccccc45)cc4cc5c(cc(-c6cccc7c6sc6ccccc67)c6ccc7cn(C)nc7c65)cc4c3c2n1. The van der Waals surface area contributed by atoms with Crippen LogP contribution in [-0.4, -0.2) is 19.6 Å². The molecule has 0 atom stereocenters. The summed E-state index contributed by atoms with van der Waals surface area (Å²) in [5.41, 5.74) is 7.05. The van der Waals surface area contributed by atoms with E-state index in [2.05, 4.69) is 146 Å². The van der Waals surface area contributed by atoms with Crippen LogP contribution in [0.5, 0.6) is 0 Å². The molecule has 262 valence electrons. The molecule has 0 fully saturated rings. The van der Waals surface area contributed by atoms with E-state index in [4.69, 9.17) is 10.2 Å². The largest absolute Gasteiger partial charge is 0.275 e. The first-order valence-corrected chi connectivity index (χ1v) is 20.6. The van der Waals surface area contributed by atoms with Crippen LogP contribution in [0.2, 0.25) is 0 Å². The van der Waals surface area contributed by atoms with Gasteiger partial charge in [0.15, 0.2) is 0 Å². The Morgan fingerprint density at radius 1 is 0.375 bits per heavy atom. The number of fused-ring (bicyclic) bond motifs is 16. The Balaban J connectivity index is 1.20. The number of rotatable bonds is 2. The summed E-state index contributed by atoms with van der Waals surface area (Å²) >= 11 is 3.77. The lowest BCUT2D eigenvalue weighted by Gasteiger charge is -2.16. The van der Waals surface area contributed by atoms with Gasteiger partial charge in [0.25, 0.3) is 0 Å². The van der Waals surface area contributed by atoms with Gasteiger partial charge in [-0.05, 0) is 79.8 Å². The summed E-state index contributed by atoms with van der Waals surface area (Å²) in [5, 5.41) is 27.4. The zero-order valence-corrected chi connectivity index (χ0v) is 32.1. The molecule has 4 heterocycles. The highest BCUT2D eigenvalue weighted by Crippen LogP contribution is 2.48. The van der Waals surface area contributed by atoms with Gasteiger partial charge in [-0.1, -0.05) is 97.1 Å². The van der Waals surface area contributed by atoms with Crippen LogP contribution in [0.15, 0.2) is 146 Å². The summed E-state index contributed by atoms with van der Waals surface area (Å²) in [6.45, 7) is 0. The smallest absolute Gasteiger partial charge is 0.101 e. The Labute approximate surface area is 328 Å². The zero-order chi connectivity index (χ0) is 36.8. The Morgan fingerprint density at radius 3 is 1.30 bits per heavy atom. The van der Waals surface area contributed by atoms with E-state index in [1.807, 2.05) is 46.1 Å². The van der Waals surface area contributed by atoms with Crippen molar-refractivity contribution in [2.24, 2.45) is 14.1 Å². The summed E-state index contributed by atoms with van der Waals surface area (Å²) in [4.78, 5) is 0. The molecule has 0 unspecified atom stereocenters. The number of hydrogen-bond acceptors (Lipinski definition) is 4. The van der Waals surface area contributed by atoms with Gasteiger partial charge in [0.1, 0.15) is 11.0 Å². The predicted molar refractivity (Wildman–Crippen MR) is 242 cm³/mol. The average molecular weight is 751 g/mol. The van der Waals surface area contributed by atoms with Crippen LogP contribution >= 0.6 is 22.7 Å². The van der Waals surface area contributed by atoms with Crippen molar-refractivity contribution in [2.75, 3.05) is 0 Å². The molecular weight excluding hydrogens is 721 g/mol. The Morgan fingerprint density at radius 2 is 0.821 bits per heavy atom. The Bertz CT molecular complexity index is 3600. The number of thiophene rings is 2. The molecular formula is C50H30N4S2. The zero-order valence-electron chi connectivity index (χ0n) is 30.5. The van der Waals surface area contributed by atoms with Crippen LogP contribution < -0.4 is 0 Å². The quantitative estimate of drug-likeness (QED) is 0.130. The first-order chi connectivity index (χ1) is 27.6. The van der Waals surface area contributed by atoms with Crippen LogP contribution in [-0.2, 0) is 14.1 Å². The summed E-state index contributed by atoms with van der Waals surface area (Å²) < 4.78 is 9.16. The number of aryl methyl sites for hydroxylation is 2. The lowest BCUT2D eigenvalue weighted by Crippen LogP contribution is -1.91. The first kappa shape index (κ1) is 30.7. The molecule has 0 aliphatic heterocycles. The minimum absolute atomic E-state index is 1.03. The molecule has 4 nitrogen and oxygen atoms in total. The van der Waals surface area contributed by atoms with Crippen molar-refractivity contribution >= 4 is 128 Å². The lowest BCUT2D eigenvalue weighted by molar-refractivity contribution is 0.780. The minimum atomic E-state index is 1.03. The monoisotopic (exact) mass is 750 g/mol. The van der Waals surface area contributed by atoms with E-state index in [1.165, 1.54) is 106 Å². The highest BCUT2D eigenvalue weighted by Gasteiger charge is 2.21. The fraction of sp³-hybridized carbons (Fsp3) is 0.0400. The van der Waals surface area contributed by atoms with Gasteiger partial charge in [-0.15, -0.1) is 22.7 Å². The maximum absolute atomic E-state index is 5.12. The molecule has 0 aliphatic carbocycles. The third-order valence-corrected chi connectivity index (χ3v) is 14.4. The van der Waals surface area contributed by atoms with Gasteiger partial charge in [0.05, 0.1) is 0 Å². The van der Waals surface area contributed by atoms with Crippen LogP contribution in [0.4, 0.5) is 0 Å². The summed E-state index contributed by atoms with van der Waals surface area (Å²) in [6, 6.07) is 50.0. The molecule has 0 bridgehead atoms. The summed E-state index contributed by atoms with van der Waals surface area (Å²) in [5.74, 6) is 0. The van der Waals surface area contributed by atoms with Crippen LogP contribution in [0.3, 0.4) is 0 Å². The third-order valence-electron chi connectivity index (χ3n) is 11.9. The molecule has 0 N–H and O–H groups in total. The van der Waals surface area contributed by atoms with Gasteiger partial charge in [-0.3, -0.25) is 9.36 Å². The van der Waals surface area contributed by atoms with E-state index >= 15 is 0 Å². The first-order valence-electron chi connectivity index (χ1n) is 18.9. The van der Waals surface area contributed by atoms with Crippen molar-refractivity contribution in [3.05, 3.63) is 146 Å². The van der Waals surface area contributed by atoms with E-state index in [9.17, 15) is 0 Å². The molecule has 13 aromatic rings. The second kappa shape index (κ2) is 11.0. The molecule has 56 heavy (non-hydrogen) atoms. The van der Waals surface area contributed by atoms with Gasteiger partial charge < -0.3 is 0 Å². The van der Waals surface area contributed by atoms with Crippen molar-refractivity contribution in [2.45, 2.75) is 0 Å². The molecule has 0 saturated heterocycles. The number of nitrogens with zero attached hydrogens (tertiary/aromatic N) is 4. The molecule has 0 spiro atoms. The third kappa shape index (κ3) is 4.12. The summed E-state index contributed by atoms with van der Waals surface area (Å²) in [6.07, 6.45) is 4.27. The van der Waals surface area contributed by atoms with Crippen molar-refractivity contribution in [3.8, 4) is 22.3 Å². The number of benzene rings is 9. The topological polar surface area (TPSA) is 35.6 Å². The van der Waals surface area contributed by atoms with E-state index < -0.39 is 0 Å². The standard InChI is InChI=1S/C50H30N4S2/c1-53-25-27-17-19-33-41(37-13-7-11-35-31-9-3-5-15-43(31)55-49(35)37)23-29-22-40-30(21-39(29)45(33)47(27)51-53)24-42(34-20-18-28-26-54(2)52-48(28)46(34)40)38-14-8-12-36-32-10-4-6-16-44(32)56-50(36)38/h3-26H,1-2H3. The number of hydrogen-bond donors (Lipinski definition) is 0. The predicted octanol–water partition coefficient (Wildman–Crippen LogP) is 14.1. The molecule has 0 saturated carbocycles. The van der Waals surface area contributed by atoms with E-state index in [0.717, 1.165) is 21.8 Å². The van der Waals surface area contributed by atoms with Crippen LogP contribution in [0.1, 0.15) is 0 Å². The van der Waals surface area contributed by atoms with Crippen LogP contribution in [0.25, 0.3) is 127 Å². The molecule has 13 rings (SSSR count). The van der Waals surface area contributed by atoms with Gasteiger partial charge >= 0.3 is 0 Å². The van der Waals surface area contributed by atoms with Crippen molar-refractivity contribution in [1.82, 2.24) is 19.6 Å². The van der Waals surface area contributed by atoms with Crippen LogP contribution in [0, 0.1) is 0 Å². The highest BCUT2D eigenvalue weighted by atomic mass is 32.1. The average Bonchev–Trinajstić information content (AvgIpc) is 4.00. The molecule has 6 heteroatoms. The van der Waals surface area contributed by atoms with Crippen molar-refractivity contribution in [3.63, 3.8) is 0 Å². The molecule has 0 radical (unpaired) electrons. The minimum Gasteiger partial charge on any atom is -0.275 e. The maximum atomic E-state index is 5.12. The normalized spacial score (nSPS) is 12.5. The van der Waals surface area contributed by atoms with Crippen molar-refractivity contribution < 1.29 is 0 Å². The van der Waals surface area contributed by atoms with Gasteiger partial charge in [0, 0.05) is 99.5 Å². The molecule has 4 aromatic heterocycles. The summed E-state index contributed by atoms with van der Waals surface area (Å²) in [7, 11) is 4.05. The Kier molecular flexibility index (Phi) is 6.03. The molecule has 9 aromatic carbocycles. The highest BCUT2D eigenvalue weighted by molar-refractivity contribution is 7.26. The van der Waals surface area contributed by atoms with E-state index in [-0.39, 0.29) is 0 Å². The maximum Gasteiger partial charge on any atom is 0.101 e. The van der Waals surface area contributed by atoms with Gasteiger partial charge in [0.2, 0.25) is 0 Å². The second-order valence-corrected chi connectivity index (χ2v) is 17.3. The fourth-order valence-corrected chi connectivity index (χ4v) is 12.0. The molecule has 0 amide bonds. The lowest BCUT2D eigenvalue weighted by atomic mass is 9.87. The van der Waals surface area contributed by atoms with Crippen molar-refractivity contribution in [1.29, 1.82) is 0 Å². The van der Waals surface area contributed by atoms with E-state index in [1.54, 1.807) is 0 Å². The Hall–Kier alpha value is -6.60.